The van der Waals surface area contributed by atoms with Crippen molar-refractivity contribution in [3.63, 3.8) is 0 Å². The molecule has 0 unspecified atom stereocenters. The van der Waals surface area contributed by atoms with Gasteiger partial charge in [0.1, 0.15) is 9.88 Å². The molecule has 0 spiro atoms. The van der Waals surface area contributed by atoms with Crippen LogP contribution in [0.3, 0.4) is 0 Å². The van der Waals surface area contributed by atoms with Gasteiger partial charge in [0.25, 0.3) is 5.91 Å². The Labute approximate surface area is 177 Å². The lowest BCUT2D eigenvalue weighted by Crippen LogP contribution is -2.50. The van der Waals surface area contributed by atoms with E-state index >= 15 is 0 Å². The van der Waals surface area contributed by atoms with Gasteiger partial charge in [-0.1, -0.05) is 35.9 Å². The van der Waals surface area contributed by atoms with Gasteiger partial charge in [0.15, 0.2) is 0 Å². The highest BCUT2D eigenvalue weighted by Gasteiger charge is 2.26. The molecule has 0 N–H and O–H groups in total. The van der Waals surface area contributed by atoms with Crippen molar-refractivity contribution in [2.45, 2.75) is 6.42 Å². The third-order valence-electron chi connectivity index (χ3n) is 4.80. The maximum atomic E-state index is 12.8. The number of rotatable bonds is 4. The molecule has 148 valence electrons. The van der Waals surface area contributed by atoms with Crippen molar-refractivity contribution in [1.82, 2.24) is 19.8 Å². The molecule has 2 aromatic heterocycles. The standard InChI is InChI=1S/C21H19ClN4O2S/c22-17-7-2-1-6-16(17)20-24-14-18(29-20)21(28)26-11-9-25(10-12-26)19(27)13-15-5-3-4-8-23-15/h1-8,14H,9-13H2. The monoisotopic (exact) mass is 426 g/mol. The van der Waals surface area contributed by atoms with Crippen molar-refractivity contribution in [3.05, 3.63) is 70.5 Å². The van der Waals surface area contributed by atoms with Gasteiger partial charge in [-0.25, -0.2) is 4.98 Å². The van der Waals surface area contributed by atoms with E-state index in [4.69, 9.17) is 11.6 Å². The van der Waals surface area contributed by atoms with Crippen LogP contribution in [0, 0.1) is 0 Å². The van der Waals surface area contributed by atoms with Gasteiger partial charge in [0.05, 0.1) is 17.6 Å². The summed E-state index contributed by atoms with van der Waals surface area (Å²) >= 11 is 7.56. The summed E-state index contributed by atoms with van der Waals surface area (Å²) in [6.45, 7) is 2.05. The zero-order valence-electron chi connectivity index (χ0n) is 15.6. The minimum atomic E-state index is -0.0578. The largest absolute Gasteiger partial charge is 0.339 e. The highest BCUT2D eigenvalue weighted by Crippen LogP contribution is 2.31. The second-order valence-corrected chi connectivity index (χ2v) is 8.12. The molecule has 1 aromatic carbocycles. The average molecular weight is 427 g/mol. The van der Waals surface area contributed by atoms with Gasteiger partial charge in [0.2, 0.25) is 5.91 Å². The van der Waals surface area contributed by atoms with Gasteiger partial charge in [0, 0.05) is 43.6 Å². The molecular formula is C21H19ClN4O2S. The molecule has 4 rings (SSSR count). The molecule has 2 amide bonds. The van der Waals surface area contributed by atoms with E-state index in [9.17, 15) is 9.59 Å². The Morgan fingerprint density at radius 1 is 0.966 bits per heavy atom. The first-order chi connectivity index (χ1) is 14.1. The summed E-state index contributed by atoms with van der Waals surface area (Å²) in [5, 5.41) is 1.34. The van der Waals surface area contributed by atoms with E-state index in [1.165, 1.54) is 11.3 Å². The van der Waals surface area contributed by atoms with Crippen LogP contribution in [0.15, 0.2) is 54.9 Å². The van der Waals surface area contributed by atoms with Gasteiger partial charge in [-0.15, -0.1) is 11.3 Å². The van der Waals surface area contributed by atoms with Gasteiger partial charge >= 0.3 is 0 Å². The van der Waals surface area contributed by atoms with Crippen molar-refractivity contribution in [2.24, 2.45) is 0 Å². The summed E-state index contributed by atoms with van der Waals surface area (Å²) in [6, 6.07) is 13.0. The van der Waals surface area contributed by atoms with Crippen molar-refractivity contribution < 1.29 is 9.59 Å². The van der Waals surface area contributed by atoms with Crippen LogP contribution in [0.2, 0.25) is 5.02 Å². The van der Waals surface area contributed by atoms with E-state index in [0.29, 0.717) is 36.1 Å². The second kappa shape index (κ2) is 8.71. The maximum absolute atomic E-state index is 12.8. The smallest absolute Gasteiger partial charge is 0.265 e. The SMILES string of the molecule is O=C(Cc1ccccn1)N1CCN(C(=O)c2cnc(-c3ccccc3Cl)s2)CC1. The summed E-state index contributed by atoms with van der Waals surface area (Å²) < 4.78 is 0. The first-order valence-electron chi connectivity index (χ1n) is 9.29. The van der Waals surface area contributed by atoms with E-state index in [1.54, 1.807) is 28.3 Å². The van der Waals surface area contributed by atoms with Crippen molar-refractivity contribution in [2.75, 3.05) is 26.2 Å². The topological polar surface area (TPSA) is 66.4 Å². The highest BCUT2D eigenvalue weighted by molar-refractivity contribution is 7.17. The van der Waals surface area contributed by atoms with Crippen molar-refractivity contribution in [3.8, 4) is 10.6 Å². The zero-order valence-corrected chi connectivity index (χ0v) is 17.2. The number of amides is 2. The Morgan fingerprint density at radius 2 is 1.69 bits per heavy atom. The highest BCUT2D eigenvalue weighted by atomic mass is 35.5. The molecule has 0 radical (unpaired) electrons. The fourth-order valence-electron chi connectivity index (χ4n) is 3.22. The number of piperazine rings is 1. The lowest BCUT2D eigenvalue weighted by atomic mass is 10.2. The van der Waals surface area contributed by atoms with Crippen LogP contribution in [0.4, 0.5) is 0 Å². The van der Waals surface area contributed by atoms with E-state index in [-0.39, 0.29) is 18.2 Å². The number of hydrogen-bond acceptors (Lipinski definition) is 5. The van der Waals surface area contributed by atoms with Crippen LogP contribution in [0.5, 0.6) is 0 Å². The molecule has 8 heteroatoms. The van der Waals surface area contributed by atoms with Crippen LogP contribution in [0.1, 0.15) is 15.4 Å². The summed E-state index contributed by atoms with van der Waals surface area (Å²) in [6.07, 6.45) is 3.57. The fraction of sp³-hybridized carbons (Fsp3) is 0.238. The molecule has 3 heterocycles. The molecule has 0 bridgehead atoms. The molecule has 0 atom stereocenters. The summed E-state index contributed by atoms with van der Waals surface area (Å²) in [4.78, 5) is 38.0. The minimum absolute atomic E-state index is 0.0367. The normalized spacial score (nSPS) is 14.1. The van der Waals surface area contributed by atoms with E-state index in [2.05, 4.69) is 9.97 Å². The summed E-state index contributed by atoms with van der Waals surface area (Å²) in [5.74, 6) is -0.0211. The fourth-order valence-corrected chi connectivity index (χ4v) is 4.42. The molecule has 6 nitrogen and oxygen atoms in total. The summed E-state index contributed by atoms with van der Waals surface area (Å²) in [5.41, 5.74) is 1.58. The third kappa shape index (κ3) is 4.46. The number of thiazole rings is 1. The predicted molar refractivity (Wildman–Crippen MR) is 113 cm³/mol. The van der Waals surface area contributed by atoms with Gasteiger partial charge in [-0.2, -0.15) is 0 Å². The average Bonchev–Trinajstić information content (AvgIpc) is 3.24. The number of carbonyl (C=O) groups excluding carboxylic acids is 2. The van der Waals surface area contributed by atoms with Gasteiger partial charge in [-0.3, -0.25) is 14.6 Å². The van der Waals surface area contributed by atoms with Crippen LogP contribution in [0.25, 0.3) is 10.6 Å². The second-order valence-electron chi connectivity index (χ2n) is 6.68. The Bertz CT molecular complexity index is 1020. The number of hydrogen-bond donors (Lipinski definition) is 0. The lowest BCUT2D eigenvalue weighted by Gasteiger charge is -2.34. The van der Waals surface area contributed by atoms with Crippen LogP contribution >= 0.6 is 22.9 Å². The van der Waals surface area contributed by atoms with Gasteiger partial charge in [-0.05, 0) is 18.2 Å². The molecule has 1 aliphatic rings. The molecule has 1 aliphatic heterocycles. The molecule has 0 saturated carbocycles. The van der Waals surface area contributed by atoms with Crippen LogP contribution in [-0.2, 0) is 11.2 Å². The van der Waals surface area contributed by atoms with Crippen LogP contribution < -0.4 is 0 Å². The third-order valence-corrected chi connectivity index (χ3v) is 6.15. The van der Waals surface area contributed by atoms with Gasteiger partial charge < -0.3 is 9.80 Å². The number of benzene rings is 1. The molecule has 1 saturated heterocycles. The Morgan fingerprint density at radius 3 is 2.41 bits per heavy atom. The van der Waals surface area contributed by atoms with E-state index < -0.39 is 0 Å². The van der Waals surface area contributed by atoms with E-state index in [0.717, 1.165) is 16.3 Å². The number of aromatic nitrogens is 2. The van der Waals surface area contributed by atoms with E-state index in [1.807, 2.05) is 36.4 Å². The maximum Gasteiger partial charge on any atom is 0.265 e. The van der Waals surface area contributed by atoms with Crippen molar-refractivity contribution in [1.29, 1.82) is 0 Å². The first-order valence-corrected chi connectivity index (χ1v) is 10.5. The first kappa shape index (κ1) is 19.5. The van der Waals surface area contributed by atoms with Crippen molar-refractivity contribution >= 4 is 34.8 Å². The lowest BCUT2D eigenvalue weighted by molar-refractivity contribution is -0.132. The predicted octanol–water partition coefficient (Wildman–Crippen LogP) is 3.39. The molecule has 1 fully saturated rings. The summed E-state index contributed by atoms with van der Waals surface area (Å²) in [7, 11) is 0. The number of nitrogens with zero attached hydrogens (tertiary/aromatic N) is 4. The number of pyridine rings is 1. The van der Waals surface area contributed by atoms with Crippen LogP contribution in [-0.4, -0.2) is 57.8 Å². The number of halogens is 1. The molecule has 0 aliphatic carbocycles. The Balaban J connectivity index is 1.36. The minimum Gasteiger partial charge on any atom is -0.339 e. The Hall–Kier alpha value is -2.77. The zero-order chi connectivity index (χ0) is 20.2. The molecule has 29 heavy (non-hydrogen) atoms. The molecular weight excluding hydrogens is 408 g/mol. The Kier molecular flexibility index (Phi) is 5.87. The molecule has 3 aromatic rings. The quantitative estimate of drug-likeness (QED) is 0.641. The number of carbonyl (C=O) groups is 2.